The molecule has 21 heavy (non-hydrogen) atoms. The molecule has 0 saturated heterocycles. The first-order valence-electron chi connectivity index (χ1n) is 6.63. The van der Waals surface area contributed by atoms with Crippen LogP contribution in [0, 0.1) is 0 Å². The molecule has 6 heteroatoms. The van der Waals surface area contributed by atoms with Gasteiger partial charge in [0, 0.05) is 29.2 Å². The quantitative estimate of drug-likeness (QED) is 0.716. The molecular formula is C15H13BrCl2N2O. The van der Waals surface area contributed by atoms with E-state index >= 15 is 0 Å². The van der Waals surface area contributed by atoms with Crippen LogP contribution in [0.4, 0.5) is 0 Å². The normalized spacial score (nSPS) is 14.2. The van der Waals surface area contributed by atoms with Gasteiger partial charge in [0.2, 0.25) is 5.88 Å². The maximum atomic E-state index is 6.15. The summed E-state index contributed by atoms with van der Waals surface area (Å²) in [6, 6.07) is 9.71. The highest BCUT2D eigenvalue weighted by molar-refractivity contribution is 9.10. The zero-order valence-corrected chi connectivity index (χ0v) is 14.2. The first-order valence-corrected chi connectivity index (χ1v) is 8.18. The van der Waals surface area contributed by atoms with Crippen molar-refractivity contribution in [2.45, 2.75) is 25.4 Å². The van der Waals surface area contributed by atoms with Crippen molar-refractivity contribution in [2.24, 2.45) is 0 Å². The van der Waals surface area contributed by atoms with Crippen molar-refractivity contribution in [2.75, 3.05) is 0 Å². The molecule has 0 amide bonds. The Bertz CT molecular complexity index is 662. The summed E-state index contributed by atoms with van der Waals surface area (Å²) in [5.74, 6) is 0.995. The Kier molecular flexibility index (Phi) is 4.69. The zero-order valence-electron chi connectivity index (χ0n) is 11.1. The van der Waals surface area contributed by atoms with E-state index in [1.54, 1.807) is 18.2 Å². The Hall–Kier alpha value is -0.810. The molecule has 0 aliphatic heterocycles. The molecule has 0 radical (unpaired) electrons. The fourth-order valence-electron chi connectivity index (χ4n) is 1.84. The SMILES string of the molecule is Clc1cc(Oc2cccc(CNC3CC3)n2)c(Cl)cc1Br. The third-order valence-electron chi connectivity index (χ3n) is 3.12. The highest BCUT2D eigenvalue weighted by atomic mass is 79.9. The lowest BCUT2D eigenvalue weighted by molar-refractivity contribution is 0.459. The summed E-state index contributed by atoms with van der Waals surface area (Å²) in [7, 11) is 0. The number of nitrogens with zero attached hydrogens (tertiary/aromatic N) is 1. The van der Waals surface area contributed by atoms with E-state index in [-0.39, 0.29) is 0 Å². The van der Waals surface area contributed by atoms with Crippen molar-refractivity contribution in [1.29, 1.82) is 0 Å². The third kappa shape index (κ3) is 4.10. The minimum Gasteiger partial charge on any atom is -0.437 e. The maximum Gasteiger partial charge on any atom is 0.219 e. The molecule has 1 aromatic heterocycles. The molecule has 1 N–H and O–H groups in total. The van der Waals surface area contributed by atoms with Gasteiger partial charge in [-0.15, -0.1) is 0 Å². The molecule has 0 atom stereocenters. The molecule has 1 aromatic carbocycles. The zero-order chi connectivity index (χ0) is 14.8. The monoisotopic (exact) mass is 386 g/mol. The Labute approximate surface area is 141 Å². The van der Waals surface area contributed by atoms with Crippen LogP contribution >= 0.6 is 39.1 Å². The number of halogens is 3. The molecule has 3 rings (SSSR count). The van der Waals surface area contributed by atoms with Crippen LogP contribution in [0.3, 0.4) is 0 Å². The molecular weight excluding hydrogens is 375 g/mol. The summed E-state index contributed by atoms with van der Waals surface area (Å²) in [6.07, 6.45) is 2.51. The van der Waals surface area contributed by atoms with E-state index in [2.05, 4.69) is 26.2 Å². The van der Waals surface area contributed by atoms with E-state index in [4.69, 9.17) is 27.9 Å². The Morgan fingerprint density at radius 1 is 1.24 bits per heavy atom. The fraction of sp³-hybridized carbons (Fsp3) is 0.267. The lowest BCUT2D eigenvalue weighted by Crippen LogP contribution is -2.16. The van der Waals surface area contributed by atoms with Gasteiger partial charge >= 0.3 is 0 Å². The van der Waals surface area contributed by atoms with E-state index < -0.39 is 0 Å². The van der Waals surface area contributed by atoms with Crippen LogP contribution < -0.4 is 10.1 Å². The summed E-state index contributed by atoms with van der Waals surface area (Å²) in [4.78, 5) is 4.46. The number of benzene rings is 1. The van der Waals surface area contributed by atoms with Crippen molar-refractivity contribution in [3.05, 3.63) is 50.5 Å². The molecule has 2 aromatic rings. The summed E-state index contributed by atoms with van der Waals surface area (Å²) in [5, 5.41) is 4.44. The van der Waals surface area contributed by atoms with Gasteiger partial charge in [-0.25, -0.2) is 4.98 Å². The fourth-order valence-corrected chi connectivity index (χ4v) is 2.68. The molecule has 1 saturated carbocycles. The highest BCUT2D eigenvalue weighted by Crippen LogP contribution is 2.36. The molecule has 1 aliphatic rings. The van der Waals surface area contributed by atoms with E-state index in [9.17, 15) is 0 Å². The molecule has 110 valence electrons. The predicted molar refractivity (Wildman–Crippen MR) is 88.3 cm³/mol. The Morgan fingerprint density at radius 3 is 2.81 bits per heavy atom. The standard InChI is InChI=1S/C15H13BrCl2N2O/c16-11-6-13(18)14(7-12(11)17)21-15-3-1-2-10(20-15)8-19-9-4-5-9/h1-3,6-7,9,19H,4-5,8H2. The van der Waals surface area contributed by atoms with Gasteiger partial charge in [0.05, 0.1) is 15.7 Å². The molecule has 0 spiro atoms. The smallest absolute Gasteiger partial charge is 0.219 e. The number of rotatable bonds is 5. The third-order valence-corrected chi connectivity index (χ3v) is 4.61. The maximum absolute atomic E-state index is 6.15. The topological polar surface area (TPSA) is 34.1 Å². The first kappa shape index (κ1) is 15.1. The highest BCUT2D eigenvalue weighted by Gasteiger charge is 2.20. The number of hydrogen-bond donors (Lipinski definition) is 1. The minimum atomic E-state index is 0.481. The lowest BCUT2D eigenvalue weighted by atomic mass is 10.3. The number of pyridine rings is 1. The second kappa shape index (κ2) is 6.53. The second-order valence-electron chi connectivity index (χ2n) is 4.92. The van der Waals surface area contributed by atoms with Crippen LogP contribution in [0.5, 0.6) is 11.6 Å². The second-order valence-corrected chi connectivity index (χ2v) is 6.59. The van der Waals surface area contributed by atoms with Crippen LogP contribution in [-0.2, 0) is 6.54 Å². The largest absolute Gasteiger partial charge is 0.437 e. The molecule has 3 nitrogen and oxygen atoms in total. The lowest BCUT2D eigenvalue weighted by Gasteiger charge is -2.09. The van der Waals surface area contributed by atoms with Gasteiger partial charge < -0.3 is 10.1 Å². The van der Waals surface area contributed by atoms with Gasteiger partial charge in [0.15, 0.2) is 0 Å². The van der Waals surface area contributed by atoms with Crippen molar-refractivity contribution < 1.29 is 4.74 Å². The minimum absolute atomic E-state index is 0.481. The number of hydrogen-bond acceptors (Lipinski definition) is 3. The predicted octanol–water partition coefficient (Wildman–Crippen LogP) is 5.20. The van der Waals surface area contributed by atoms with Crippen LogP contribution in [0.15, 0.2) is 34.8 Å². The van der Waals surface area contributed by atoms with E-state index in [1.165, 1.54) is 12.8 Å². The molecule has 0 unspecified atom stereocenters. The van der Waals surface area contributed by atoms with Gasteiger partial charge in [-0.2, -0.15) is 0 Å². The van der Waals surface area contributed by atoms with Crippen molar-refractivity contribution in [3.8, 4) is 11.6 Å². The summed E-state index contributed by atoms with van der Waals surface area (Å²) >= 11 is 15.5. The molecule has 1 heterocycles. The average molecular weight is 388 g/mol. The summed E-state index contributed by atoms with van der Waals surface area (Å²) < 4.78 is 6.47. The average Bonchev–Trinajstić information content (AvgIpc) is 3.27. The van der Waals surface area contributed by atoms with Crippen molar-refractivity contribution >= 4 is 39.1 Å². The molecule has 1 aliphatic carbocycles. The van der Waals surface area contributed by atoms with Crippen LogP contribution in [0.1, 0.15) is 18.5 Å². The Balaban J connectivity index is 1.74. The van der Waals surface area contributed by atoms with E-state index in [1.807, 2.05) is 12.1 Å². The van der Waals surface area contributed by atoms with Crippen molar-refractivity contribution in [1.82, 2.24) is 10.3 Å². The van der Waals surface area contributed by atoms with Gasteiger partial charge in [-0.3, -0.25) is 0 Å². The first-order chi connectivity index (χ1) is 10.1. The van der Waals surface area contributed by atoms with E-state index in [0.717, 1.165) is 16.7 Å². The summed E-state index contributed by atoms with van der Waals surface area (Å²) in [5.41, 5.74) is 0.943. The van der Waals surface area contributed by atoms with Crippen LogP contribution in [0.2, 0.25) is 10.0 Å². The number of aromatic nitrogens is 1. The van der Waals surface area contributed by atoms with Crippen molar-refractivity contribution in [3.63, 3.8) is 0 Å². The van der Waals surface area contributed by atoms with Crippen LogP contribution in [-0.4, -0.2) is 11.0 Å². The number of nitrogens with one attached hydrogen (secondary N) is 1. The van der Waals surface area contributed by atoms with E-state index in [0.29, 0.717) is 27.7 Å². The van der Waals surface area contributed by atoms with Crippen LogP contribution in [0.25, 0.3) is 0 Å². The molecule has 1 fully saturated rings. The van der Waals surface area contributed by atoms with Gasteiger partial charge in [-0.1, -0.05) is 29.3 Å². The van der Waals surface area contributed by atoms with Gasteiger partial charge in [0.1, 0.15) is 5.75 Å². The summed E-state index contributed by atoms with van der Waals surface area (Å²) in [6.45, 7) is 0.747. The van der Waals surface area contributed by atoms with Gasteiger partial charge in [0.25, 0.3) is 0 Å². The molecule has 0 bridgehead atoms. The van der Waals surface area contributed by atoms with Gasteiger partial charge in [-0.05, 0) is 40.9 Å². The Morgan fingerprint density at radius 2 is 2.05 bits per heavy atom. The number of ether oxygens (including phenoxy) is 1.